The van der Waals surface area contributed by atoms with Crippen molar-refractivity contribution < 1.29 is 9.53 Å². The zero-order valence-electron chi connectivity index (χ0n) is 11.1. The summed E-state index contributed by atoms with van der Waals surface area (Å²) in [5.74, 6) is 0.163. The number of benzene rings is 1. The maximum absolute atomic E-state index is 12.1. The number of ether oxygens (including phenoxy) is 1. The van der Waals surface area contributed by atoms with Crippen molar-refractivity contribution in [2.24, 2.45) is 0 Å². The van der Waals surface area contributed by atoms with Crippen LogP contribution < -0.4 is 0 Å². The molecule has 1 aliphatic rings. The van der Waals surface area contributed by atoms with E-state index in [1.54, 1.807) is 13.3 Å². The van der Waals surface area contributed by atoms with Crippen LogP contribution in [0, 0.1) is 0 Å². The van der Waals surface area contributed by atoms with E-state index in [-0.39, 0.29) is 5.78 Å². The van der Waals surface area contributed by atoms with Gasteiger partial charge < -0.3 is 4.74 Å². The predicted octanol–water partition coefficient (Wildman–Crippen LogP) is 3.71. The normalized spacial score (nSPS) is 21.6. The van der Waals surface area contributed by atoms with Crippen LogP contribution in [0.1, 0.15) is 34.5 Å². The fourth-order valence-corrected chi connectivity index (χ4v) is 3.20. The van der Waals surface area contributed by atoms with Crippen molar-refractivity contribution in [3.8, 4) is 0 Å². The van der Waals surface area contributed by atoms with Crippen molar-refractivity contribution in [1.82, 2.24) is 4.98 Å². The lowest BCUT2D eigenvalue weighted by Crippen LogP contribution is -2.37. The largest absolute Gasteiger partial charge is 0.367 e. The van der Waals surface area contributed by atoms with Gasteiger partial charge >= 0.3 is 0 Å². The molecule has 0 amide bonds. The Balaban J connectivity index is 2.26. The summed E-state index contributed by atoms with van der Waals surface area (Å²) in [4.78, 5) is 16.6. The van der Waals surface area contributed by atoms with Crippen molar-refractivity contribution in [2.45, 2.75) is 18.4 Å². The van der Waals surface area contributed by atoms with Crippen molar-refractivity contribution >= 4 is 21.7 Å². The molecule has 0 fully saturated rings. The molecule has 0 bridgehead atoms. The van der Waals surface area contributed by atoms with E-state index < -0.39 is 5.60 Å². The number of ketones is 1. The summed E-state index contributed by atoms with van der Waals surface area (Å²) in [6, 6.07) is 11.5. The highest BCUT2D eigenvalue weighted by molar-refractivity contribution is 9.10. The van der Waals surface area contributed by atoms with Gasteiger partial charge in [-0.3, -0.25) is 9.78 Å². The Bertz CT molecular complexity index is 657. The number of halogens is 1. The fourth-order valence-electron chi connectivity index (χ4n) is 2.84. The van der Waals surface area contributed by atoms with Crippen molar-refractivity contribution in [3.05, 3.63) is 63.9 Å². The molecule has 0 radical (unpaired) electrons. The Morgan fingerprint density at radius 2 is 2.15 bits per heavy atom. The van der Waals surface area contributed by atoms with Gasteiger partial charge in [0.05, 0.1) is 5.69 Å². The number of carbonyl (C=O) groups excluding carboxylic acids is 1. The summed E-state index contributed by atoms with van der Waals surface area (Å²) < 4.78 is 6.79. The third-order valence-corrected chi connectivity index (χ3v) is 4.34. The third kappa shape index (κ3) is 2.00. The molecule has 0 spiro atoms. The van der Waals surface area contributed by atoms with E-state index >= 15 is 0 Å². The molecular formula is C16H14BrNO2. The van der Waals surface area contributed by atoms with Crippen LogP contribution in [0.25, 0.3) is 0 Å². The second-order valence-electron chi connectivity index (χ2n) is 4.86. The van der Waals surface area contributed by atoms with E-state index in [1.807, 2.05) is 36.4 Å². The van der Waals surface area contributed by atoms with Crippen LogP contribution in [-0.2, 0) is 10.3 Å². The van der Waals surface area contributed by atoms with Crippen molar-refractivity contribution in [2.75, 3.05) is 7.11 Å². The molecule has 1 atom stereocenters. The number of Topliss-reactive ketones (excluding diaryl/α,β-unsaturated/α-hetero) is 1. The molecule has 0 saturated carbocycles. The van der Waals surface area contributed by atoms with Gasteiger partial charge in [-0.05, 0) is 36.8 Å². The predicted molar refractivity (Wildman–Crippen MR) is 79.7 cm³/mol. The maximum Gasteiger partial charge on any atom is 0.163 e. The Labute approximate surface area is 126 Å². The molecule has 1 unspecified atom stereocenters. The van der Waals surface area contributed by atoms with E-state index in [0.717, 1.165) is 21.3 Å². The second-order valence-corrected chi connectivity index (χ2v) is 5.77. The summed E-state index contributed by atoms with van der Waals surface area (Å²) in [6.07, 6.45) is 2.84. The highest BCUT2D eigenvalue weighted by atomic mass is 79.9. The van der Waals surface area contributed by atoms with Crippen LogP contribution in [0.3, 0.4) is 0 Å². The van der Waals surface area contributed by atoms with Gasteiger partial charge in [0.25, 0.3) is 0 Å². The minimum atomic E-state index is -0.645. The molecule has 1 aromatic carbocycles. The first-order valence-electron chi connectivity index (χ1n) is 6.47. The Kier molecular flexibility index (Phi) is 3.44. The maximum atomic E-state index is 12.1. The molecule has 0 N–H and O–H groups in total. The summed E-state index contributed by atoms with van der Waals surface area (Å²) in [6.45, 7) is 0. The van der Waals surface area contributed by atoms with E-state index in [4.69, 9.17) is 4.74 Å². The average Bonchev–Trinajstić information content (AvgIpc) is 2.49. The first-order chi connectivity index (χ1) is 9.67. The fraction of sp³-hybridized carbons (Fsp3) is 0.250. The first kappa shape index (κ1) is 13.5. The van der Waals surface area contributed by atoms with Crippen LogP contribution in [0.15, 0.2) is 47.1 Å². The highest BCUT2D eigenvalue weighted by Crippen LogP contribution is 2.43. The van der Waals surface area contributed by atoms with Gasteiger partial charge in [0, 0.05) is 35.3 Å². The van der Waals surface area contributed by atoms with Gasteiger partial charge in [0.2, 0.25) is 0 Å². The van der Waals surface area contributed by atoms with Gasteiger partial charge in [-0.1, -0.05) is 22.0 Å². The third-order valence-electron chi connectivity index (χ3n) is 3.85. The lowest BCUT2D eigenvalue weighted by molar-refractivity contribution is 0.00484. The molecule has 0 aliphatic heterocycles. The molecule has 1 aliphatic carbocycles. The molecule has 2 aromatic rings. The molecule has 102 valence electrons. The summed E-state index contributed by atoms with van der Waals surface area (Å²) in [5, 5.41) is 0. The van der Waals surface area contributed by atoms with Gasteiger partial charge in [-0.15, -0.1) is 0 Å². The second kappa shape index (κ2) is 5.11. The first-order valence-corrected chi connectivity index (χ1v) is 7.26. The van der Waals surface area contributed by atoms with Crippen LogP contribution in [0.2, 0.25) is 0 Å². The van der Waals surface area contributed by atoms with Gasteiger partial charge in [-0.25, -0.2) is 0 Å². The Morgan fingerprint density at radius 3 is 2.85 bits per heavy atom. The van der Waals surface area contributed by atoms with E-state index in [9.17, 15) is 4.79 Å². The minimum absolute atomic E-state index is 0.163. The van der Waals surface area contributed by atoms with Gasteiger partial charge in [0.15, 0.2) is 5.78 Å². The SMILES string of the molecule is COC1(c2ccccn2)CCC(=O)c2ccc(Br)cc21. The van der Waals surface area contributed by atoms with Crippen LogP contribution in [-0.4, -0.2) is 17.9 Å². The number of fused-ring (bicyclic) bond motifs is 1. The monoisotopic (exact) mass is 331 g/mol. The molecule has 0 saturated heterocycles. The summed E-state index contributed by atoms with van der Waals surface area (Å²) >= 11 is 3.48. The number of hydrogen-bond donors (Lipinski definition) is 0. The lowest BCUT2D eigenvalue weighted by Gasteiger charge is -2.37. The highest BCUT2D eigenvalue weighted by Gasteiger charge is 2.42. The summed E-state index contributed by atoms with van der Waals surface area (Å²) in [7, 11) is 1.68. The molecular weight excluding hydrogens is 318 g/mol. The molecule has 1 aromatic heterocycles. The lowest BCUT2D eigenvalue weighted by atomic mass is 9.76. The van der Waals surface area contributed by atoms with Crippen LogP contribution in [0.4, 0.5) is 0 Å². The van der Waals surface area contributed by atoms with Crippen molar-refractivity contribution in [3.63, 3.8) is 0 Å². The number of pyridine rings is 1. The van der Waals surface area contributed by atoms with Gasteiger partial charge in [0.1, 0.15) is 5.60 Å². The molecule has 1 heterocycles. The zero-order valence-corrected chi connectivity index (χ0v) is 12.7. The minimum Gasteiger partial charge on any atom is -0.367 e. The van der Waals surface area contributed by atoms with Crippen molar-refractivity contribution in [1.29, 1.82) is 0 Å². The van der Waals surface area contributed by atoms with E-state index in [0.29, 0.717) is 12.8 Å². The number of rotatable bonds is 2. The van der Waals surface area contributed by atoms with E-state index in [1.165, 1.54) is 0 Å². The number of methoxy groups -OCH3 is 1. The van der Waals surface area contributed by atoms with E-state index in [2.05, 4.69) is 20.9 Å². The number of carbonyl (C=O) groups is 1. The standard InChI is InChI=1S/C16H14BrNO2/c1-20-16(15-4-2-3-9-18-15)8-7-14(19)12-6-5-11(17)10-13(12)16/h2-6,9-10H,7-8H2,1H3. The Hall–Kier alpha value is -1.52. The number of aromatic nitrogens is 1. The van der Waals surface area contributed by atoms with Crippen LogP contribution >= 0.6 is 15.9 Å². The van der Waals surface area contributed by atoms with Gasteiger partial charge in [-0.2, -0.15) is 0 Å². The summed E-state index contributed by atoms with van der Waals surface area (Å²) in [5.41, 5.74) is 1.82. The topological polar surface area (TPSA) is 39.2 Å². The molecule has 3 nitrogen and oxygen atoms in total. The Morgan fingerprint density at radius 1 is 1.30 bits per heavy atom. The average molecular weight is 332 g/mol. The number of nitrogens with zero attached hydrogens (tertiary/aromatic N) is 1. The number of hydrogen-bond acceptors (Lipinski definition) is 3. The quantitative estimate of drug-likeness (QED) is 0.842. The molecule has 20 heavy (non-hydrogen) atoms. The zero-order chi connectivity index (χ0) is 14.2. The molecule has 3 rings (SSSR count). The smallest absolute Gasteiger partial charge is 0.163 e. The van der Waals surface area contributed by atoms with Crippen LogP contribution in [0.5, 0.6) is 0 Å². The molecule has 4 heteroatoms.